The van der Waals surface area contributed by atoms with Crippen LogP contribution in [0.2, 0.25) is 0 Å². The molecule has 1 aliphatic carbocycles. The average Bonchev–Trinajstić information content (AvgIpc) is 2.31. The summed E-state index contributed by atoms with van der Waals surface area (Å²) in [6, 6.07) is 10.2. The maximum Gasteiger partial charge on any atom is 0.0855 e. The summed E-state index contributed by atoms with van der Waals surface area (Å²) in [6.45, 7) is 2.12. The second-order valence-corrected chi connectivity index (χ2v) is 4.36. The molecule has 0 saturated heterocycles. The fourth-order valence-corrected chi connectivity index (χ4v) is 2.24. The molecule has 0 amide bonds. The lowest BCUT2D eigenvalue weighted by molar-refractivity contribution is 0.313. The molecule has 1 aromatic carbocycles. The maximum absolute atomic E-state index is 9.06. The molecule has 2 heteroatoms. The van der Waals surface area contributed by atoms with E-state index in [2.05, 4.69) is 30.3 Å². The normalized spacial score (nSPS) is 26.2. The van der Waals surface area contributed by atoms with Crippen LogP contribution in [-0.2, 0) is 0 Å². The molecule has 0 unspecified atom stereocenters. The van der Waals surface area contributed by atoms with Gasteiger partial charge in [0.15, 0.2) is 0 Å². The van der Waals surface area contributed by atoms with Crippen LogP contribution in [0.4, 0.5) is 0 Å². The third-order valence-corrected chi connectivity index (χ3v) is 3.13. The first-order valence-electron chi connectivity index (χ1n) is 5.79. The van der Waals surface area contributed by atoms with Crippen LogP contribution >= 0.6 is 0 Å². The van der Waals surface area contributed by atoms with E-state index >= 15 is 0 Å². The van der Waals surface area contributed by atoms with Gasteiger partial charge in [0.05, 0.1) is 5.71 Å². The number of allylic oxidation sites excluding steroid dienone is 1. The molecule has 0 aliphatic heterocycles. The van der Waals surface area contributed by atoms with Crippen molar-refractivity contribution in [2.45, 2.75) is 26.2 Å². The van der Waals surface area contributed by atoms with Gasteiger partial charge in [0, 0.05) is 5.92 Å². The van der Waals surface area contributed by atoms with Crippen LogP contribution in [0.1, 0.15) is 31.7 Å². The van der Waals surface area contributed by atoms with Gasteiger partial charge in [0.25, 0.3) is 0 Å². The first kappa shape index (κ1) is 10.9. The third kappa shape index (κ3) is 2.32. The minimum Gasteiger partial charge on any atom is -0.411 e. The first-order valence-corrected chi connectivity index (χ1v) is 5.79. The number of benzene rings is 1. The summed E-state index contributed by atoms with van der Waals surface area (Å²) < 4.78 is 0. The summed E-state index contributed by atoms with van der Waals surface area (Å²) in [5.41, 5.74) is 3.20. The van der Waals surface area contributed by atoms with Gasteiger partial charge in [0.1, 0.15) is 0 Å². The van der Waals surface area contributed by atoms with Gasteiger partial charge < -0.3 is 5.21 Å². The molecule has 1 N–H and O–H groups in total. The third-order valence-electron chi connectivity index (χ3n) is 3.13. The van der Waals surface area contributed by atoms with Crippen molar-refractivity contribution in [2.75, 3.05) is 0 Å². The van der Waals surface area contributed by atoms with Crippen molar-refractivity contribution in [1.29, 1.82) is 0 Å². The SMILES string of the molecule is C[C@H]1CCC/C(=C\c2ccccc2)C1=NO. The highest BCUT2D eigenvalue weighted by Crippen LogP contribution is 2.27. The van der Waals surface area contributed by atoms with E-state index in [1.807, 2.05) is 18.2 Å². The molecule has 1 atom stereocenters. The molecule has 1 saturated carbocycles. The number of rotatable bonds is 1. The molecule has 84 valence electrons. The lowest BCUT2D eigenvalue weighted by Gasteiger charge is -2.22. The maximum atomic E-state index is 9.06. The number of oxime groups is 1. The van der Waals surface area contributed by atoms with E-state index in [4.69, 9.17) is 5.21 Å². The fraction of sp³-hybridized carbons (Fsp3) is 0.357. The van der Waals surface area contributed by atoms with E-state index in [-0.39, 0.29) is 0 Å². The van der Waals surface area contributed by atoms with Crippen molar-refractivity contribution in [2.24, 2.45) is 11.1 Å². The zero-order valence-corrected chi connectivity index (χ0v) is 9.56. The average molecular weight is 215 g/mol. The molecule has 0 heterocycles. The van der Waals surface area contributed by atoms with Crippen molar-refractivity contribution < 1.29 is 5.21 Å². The van der Waals surface area contributed by atoms with Gasteiger partial charge >= 0.3 is 0 Å². The number of hydrogen-bond acceptors (Lipinski definition) is 2. The second-order valence-electron chi connectivity index (χ2n) is 4.36. The van der Waals surface area contributed by atoms with Crippen molar-refractivity contribution >= 4 is 11.8 Å². The Morgan fingerprint density at radius 1 is 1.31 bits per heavy atom. The molecule has 2 nitrogen and oxygen atoms in total. The van der Waals surface area contributed by atoms with Gasteiger partial charge in [-0.2, -0.15) is 0 Å². The summed E-state index contributed by atoms with van der Waals surface area (Å²) in [4.78, 5) is 0. The largest absolute Gasteiger partial charge is 0.411 e. The predicted octanol–water partition coefficient (Wildman–Crippen LogP) is 3.72. The zero-order chi connectivity index (χ0) is 11.4. The van der Waals surface area contributed by atoms with Gasteiger partial charge in [0.2, 0.25) is 0 Å². The van der Waals surface area contributed by atoms with Crippen molar-refractivity contribution in [3.05, 3.63) is 41.5 Å². The molecule has 0 radical (unpaired) electrons. The predicted molar refractivity (Wildman–Crippen MR) is 66.7 cm³/mol. The van der Waals surface area contributed by atoms with E-state index in [9.17, 15) is 0 Å². The Kier molecular flexibility index (Phi) is 3.40. The quantitative estimate of drug-likeness (QED) is 0.562. The summed E-state index contributed by atoms with van der Waals surface area (Å²) in [6.07, 6.45) is 5.44. The molecule has 1 aromatic rings. The molecule has 0 spiro atoms. The number of hydrogen-bond donors (Lipinski definition) is 1. The fourth-order valence-electron chi connectivity index (χ4n) is 2.24. The Balaban J connectivity index is 2.29. The Hall–Kier alpha value is -1.57. The van der Waals surface area contributed by atoms with Crippen molar-refractivity contribution in [1.82, 2.24) is 0 Å². The van der Waals surface area contributed by atoms with Crippen molar-refractivity contribution in [3.8, 4) is 0 Å². The van der Waals surface area contributed by atoms with Gasteiger partial charge in [-0.15, -0.1) is 0 Å². The van der Waals surface area contributed by atoms with Gasteiger partial charge in [-0.05, 0) is 36.5 Å². The molecule has 16 heavy (non-hydrogen) atoms. The minimum atomic E-state index is 0.369. The highest BCUT2D eigenvalue weighted by molar-refractivity contribution is 6.05. The van der Waals surface area contributed by atoms with Crippen LogP contribution < -0.4 is 0 Å². The Morgan fingerprint density at radius 3 is 2.75 bits per heavy atom. The first-order chi connectivity index (χ1) is 7.81. The smallest absolute Gasteiger partial charge is 0.0855 e. The summed E-state index contributed by atoms with van der Waals surface area (Å²) >= 11 is 0. The van der Waals surface area contributed by atoms with Crippen LogP contribution in [0.3, 0.4) is 0 Å². The highest BCUT2D eigenvalue weighted by Gasteiger charge is 2.21. The van der Waals surface area contributed by atoms with Crippen LogP contribution in [-0.4, -0.2) is 10.9 Å². The van der Waals surface area contributed by atoms with E-state index < -0.39 is 0 Å². The van der Waals surface area contributed by atoms with E-state index in [1.165, 1.54) is 17.6 Å². The minimum absolute atomic E-state index is 0.369. The lowest BCUT2D eigenvalue weighted by atomic mass is 9.84. The zero-order valence-electron chi connectivity index (χ0n) is 9.56. The Labute approximate surface area is 96.3 Å². The lowest BCUT2D eigenvalue weighted by Crippen LogP contribution is -2.19. The van der Waals surface area contributed by atoms with Gasteiger partial charge in [-0.1, -0.05) is 42.4 Å². The van der Waals surface area contributed by atoms with Gasteiger partial charge in [-0.3, -0.25) is 0 Å². The van der Waals surface area contributed by atoms with E-state index in [0.717, 1.165) is 18.6 Å². The van der Waals surface area contributed by atoms with E-state index in [0.29, 0.717) is 5.92 Å². The summed E-state index contributed by atoms with van der Waals surface area (Å²) in [5.74, 6) is 0.369. The highest BCUT2D eigenvalue weighted by atomic mass is 16.4. The monoisotopic (exact) mass is 215 g/mol. The molecule has 0 aromatic heterocycles. The molecule has 1 aliphatic rings. The standard InChI is InChI=1S/C14H17NO/c1-11-6-5-9-13(14(11)15-16)10-12-7-3-2-4-8-12/h2-4,7-8,10-11,16H,5-6,9H2,1H3/b13-10+,15-14?/t11-/m0/s1. The van der Waals surface area contributed by atoms with Crippen LogP contribution in [0.5, 0.6) is 0 Å². The molecule has 2 rings (SSSR count). The Bertz CT molecular complexity index is 406. The topological polar surface area (TPSA) is 32.6 Å². The van der Waals surface area contributed by atoms with Crippen molar-refractivity contribution in [3.63, 3.8) is 0 Å². The second kappa shape index (κ2) is 4.97. The number of nitrogens with zero attached hydrogens (tertiary/aromatic N) is 1. The molecular formula is C14H17NO. The summed E-state index contributed by atoms with van der Waals surface area (Å²) in [5, 5.41) is 12.5. The summed E-state index contributed by atoms with van der Waals surface area (Å²) in [7, 11) is 0. The van der Waals surface area contributed by atoms with Crippen LogP contribution in [0.15, 0.2) is 41.1 Å². The molecular weight excluding hydrogens is 198 g/mol. The van der Waals surface area contributed by atoms with Crippen LogP contribution in [0, 0.1) is 5.92 Å². The van der Waals surface area contributed by atoms with Crippen LogP contribution in [0.25, 0.3) is 6.08 Å². The Morgan fingerprint density at radius 2 is 2.06 bits per heavy atom. The molecule has 0 bridgehead atoms. The van der Waals surface area contributed by atoms with E-state index in [1.54, 1.807) is 0 Å². The molecule has 1 fully saturated rings. The van der Waals surface area contributed by atoms with Gasteiger partial charge in [-0.25, -0.2) is 0 Å².